The van der Waals surface area contributed by atoms with E-state index in [-0.39, 0.29) is 48.9 Å². The third kappa shape index (κ3) is 11.3. The minimum absolute atomic E-state index is 0.0362. The van der Waals surface area contributed by atoms with Crippen molar-refractivity contribution >= 4 is 12.1 Å². The Bertz CT molecular complexity index is 1250. The standard InChI is InChI=1S/C40H66N2O10/c1-8-40(47,48)29(5)36-33(50-36)25-26(2)11-9-12-27(3)35-28(4)14-15-34(39(6,49-7)20-10-13-32(44)37(45)52-35)51-38(46)42-21-16-30(17-22-42)41-23-18-31(43)19-24-41/h9,11-12,14-15,26,28-36,43-44,47-48H,8,10,13,16-25H2,1-7H3/b11-9+,15-14+,27-12+. The Morgan fingerprint density at radius 3 is 2.40 bits per heavy atom. The van der Waals surface area contributed by atoms with Gasteiger partial charge in [-0.2, -0.15) is 0 Å². The van der Waals surface area contributed by atoms with Gasteiger partial charge in [-0.3, -0.25) is 0 Å². The third-order valence-electron chi connectivity index (χ3n) is 12.0. The summed E-state index contributed by atoms with van der Waals surface area (Å²) in [6.45, 7) is 14.3. The molecule has 4 rings (SSSR count). The highest BCUT2D eigenvalue weighted by Crippen LogP contribution is 2.39. The molecule has 9 atom stereocenters. The predicted molar refractivity (Wildman–Crippen MR) is 197 cm³/mol. The van der Waals surface area contributed by atoms with E-state index in [9.17, 15) is 30.0 Å². The fraction of sp³-hybridized carbons (Fsp3) is 0.800. The van der Waals surface area contributed by atoms with Crippen molar-refractivity contribution in [1.82, 2.24) is 9.80 Å². The number of hydrogen-bond donors (Lipinski definition) is 4. The highest BCUT2D eigenvalue weighted by atomic mass is 16.6. The molecule has 52 heavy (non-hydrogen) atoms. The number of rotatable bonds is 11. The summed E-state index contributed by atoms with van der Waals surface area (Å²) in [5.74, 6) is -2.97. The van der Waals surface area contributed by atoms with E-state index >= 15 is 0 Å². The molecular formula is C40H66N2O10. The van der Waals surface area contributed by atoms with E-state index in [1.807, 2.05) is 51.2 Å². The van der Waals surface area contributed by atoms with Gasteiger partial charge in [-0.15, -0.1) is 0 Å². The third-order valence-corrected chi connectivity index (χ3v) is 12.0. The molecule has 0 saturated carbocycles. The molecule has 0 aromatic carbocycles. The highest BCUT2D eigenvalue weighted by Gasteiger charge is 2.50. The largest absolute Gasteiger partial charge is 0.455 e. The van der Waals surface area contributed by atoms with E-state index < -0.39 is 41.8 Å². The topological polar surface area (TPSA) is 162 Å². The lowest BCUT2D eigenvalue weighted by molar-refractivity contribution is -0.201. The summed E-state index contributed by atoms with van der Waals surface area (Å²) in [6, 6.07) is 0.395. The number of epoxide rings is 1. The number of amides is 1. The van der Waals surface area contributed by atoms with E-state index in [0.29, 0.717) is 32.0 Å². The van der Waals surface area contributed by atoms with Crippen LogP contribution in [0.25, 0.3) is 0 Å². The Balaban J connectivity index is 1.42. The molecule has 0 bridgehead atoms. The number of aliphatic hydroxyl groups excluding tert-OH is 2. The second kappa shape index (κ2) is 18.8. The van der Waals surface area contributed by atoms with Crippen LogP contribution in [0.5, 0.6) is 0 Å². The molecule has 0 radical (unpaired) electrons. The molecule has 296 valence electrons. The van der Waals surface area contributed by atoms with Crippen LogP contribution in [-0.4, -0.2) is 130 Å². The molecule has 0 spiro atoms. The average Bonchev–Trinajstić information content (AvgIpc) is 3.89. The summed E-state index contributed by atoms with van der Waals surface area (Å²) in [5.41, 5.74) is -0.107. The first-order valence-corrected chi connectivity index (χ1v) is 19.5. The van der Waals surface area contributed by atoms with E-state index in [1.165, 1.54) is 0 Å². The van der Waals surface area contributed by atoms with Crippen molar-refractivity contribution in [2.45, 2.75) is 153 Å². The first-order valence-electron chi connectivity index (χ1n) is 19.5. The van der Waals surface area contributed by atoms with Crippen LogP contribution in [0.2, 0.25) is 0 Å². The first-order chi connectivity index (χ1) is 24.6. The predicted octanol–water partition coefficient (Wildman–Crippen LogP) is 4.49. The number of ether oxygens (including phenoxy) is 4. The molecule has 0 aromatic heterocycles. The van der Waals surface area contributed by atoms with Gasteiger partial charge >= 0.3 is 12.1 Å². The maximum absolute atomic E-state index is 13.6. The maximum Gasteiger partial charge on any atom is 0.410 e. The number of likely N-dealkylation sites (tertiary alicyclic amines) is 2. The molecule has 3 fully saturated rings. The van der Waals surface area contributed by atoms with Crippen molar-refractivity contribution in [1.29, 1.82) is 0 Å². The number of cyclic esters (lactones) is 1. The molecule has 0 aromatic rings. The van der Waals surface area contributed by atoms with Gasteiger partial charge in [-0.05, 0) is 89.2 Å². The second-order valence-corrected chi connectivity index (χ2v) is 16.0. The molecular weight excluding hydrogens is 668 g/mol. The first kappa shape index (κ1) is 42.4. The Morgan fingerprint density at radius 1 is 1.10 bits per heavy atom. The number of piperidine rings is 2. The lowest BCUT2D eigenvalue weighted by Crippen LogP contribution is -2.51. The Kier molecular flexibility index (Phi) is 15.4. The number of nitrogens with zero attached hydrogens (tertiary/aromatic N) is 2. The van der Waals surface area contributed by atoms with E-state index in [0.717, 1.165) is 50.8 Å². The second-order valence-electron chi connectivity index (χ2n) is 16.0. The fourth-order valence-corrected chi connectivity index (χ4v) is 7.84. The molecule has 4 N–H and O–H groups in total. The SMILES string of the molecule is CCC(O)(O)C(C)C1OC1CC(C)/C=C/C=C(\C)C1OC(=O)C(O)CCCC(C)(OC)C(OC(=O)N2CCC(N3CCC(O)CC3)CC2)/C=C/C1C. The van der Waals surface area contributed by atoms with Crippen LogP contribution in [0.3, 0.4) is 0 Å². The molecule has 3 saturated heterocycles. The Morgan fingerprint density at radius 2 is 1.77 bits per heavy atom. The van der Waals surface area contributed by atoms with Crippen molar-refractivity contribution < 1.29 is 49.0 Å². The number of carbonyl (C=O) groups is 2. The fourth-order valence-electron chi connectivity index (χ4n) is 7.84. The van der Waals surface area contributed by atoms with Crippen LogP contribution in [0.15, 0.2) is 36.0 Å². The van der Waals surface area contributed by atoms with E-state index in [1.54, 1.807) is 25.9 Å². The number of hydrogen-bond acceptors (Lipinski definition) is 11. The molecule has 9 unspecified atom stereocenters. The molecule has 12 nitrogen and oxygen atoms in total. The summed E-state index contributed by atoms with van der Waals surface area (Å²) in [6.07, 6.45) is 11.5. The number of methoxy groups -OCH3 is 1. The van der Waals surface area contributed by atoms with Gasteiger partial charge in [0, 0.05) is 51.2 Å². The minimum atomic E-state index is -1.75. The van der Waals surface area contributed by atoms with Crippen molar-refractivity contribution in [2.75, 3.05) is 33.3 Å². The zero-order chi connectivity index (χ0) is 38.2. The molecule has 12 heteroatoms. The quantitative estimate of drug-likeness (QED) is 0.0779. The monoisotopic (exact) mass is 734 g/mol. The highest BCUT2D eigenvalue weighted by molar-refractivity contribution is 5.74. The summed E-state index contributed by atoms with van der Waals surface area (Å²) < 4.78 is 23.9. The van der Waals surface area contributed by atoms with Crippen LogP contribution in [-0.2, 0) is 23.7 Å². The van der Waals surface area contributed by atoms with Gasteiger partial charge in [0.05, 0.1) is 18.3 Å². The maximum atomic E-state index is 13.6. The summed E-state index contributed by atoms with van der Waals surface area (Å²) >= 11 is 0. The van der Waals surface area contributed by atoms with Gasteiger partial charge in [-0.1, -0.05) is 52.0 Å². The normalized spacial score (nSPS) is 34.2. The zero-order valence-electron chi connectivity index (χ0n) is 32.5. The van der Waals surface area contributed by atoms with Crippen LogP contribution in [0.1, 0.15) is 99.3 Å². The van der Waals surface area contributed by atoms with Crippen molar-refractivity contribution in [3.63, 3.8) is 0 Å². The molecule has 0 aliphatic carbocycles. The van der Waals surface area contributed by atoms with E-state index in [4.69, 9.17) is 18.9 Å². The Labute approximate surface area is 310 Å². The van der Waals surface area contributed by atoms with Gasteiger partial charge in [-0.25, -0.2) is 9.59 Å². The minimum Gasteiger partial charge on any atom is -0.455 e. The van der Waals surface area contributed by atoms with Gasteiger partial charge in [0.15, 0.2) is 18.0 Å². The van der Waals surface area contributed by atoms with Gasteiger partial charge in [0.1, 0.15) is 11.7 Å². The van der Waals surface area contributed by atoms with Crippen LogP contribution >= 0.6 is 0 Å². The number of esters is 1. The van der Waals surface area contributed by atoms with E-state index in [2.05, 4.69) is 11.8 Å². The molecule has 4 heterocycles. The molecule has 4 aliphatic rings. The number of allylic oxidation sites excluding steroid dienone is 3. The van der Waals surface area contributed by atoms with Crippen LogP contribution in [0.4, 0.5) is 4.79 Å². The summed E-state index contributed by atoms with van der Waals surface area (Å²) in [4.78, 5) is 30.8. The summed E-state index contributed by atoms with van der Waals surface area (Å²) in [7, 11) is 1.59. The van der Waals surface area contributed by atoms with Crippen molar-refractivity contribution in [2.24, 2.45) is 17.8 Å². The van der Waals surface area contributed by atoms with Crippen LogP contribution < -0.4 is 0 Å². The van der Waals surface area contributed by atoms with Crippen LogP contribution in [0, 0.1) is 17.8 Å². The van der Waals surface area contributed by atoms with Gasteiger partial charge in [0.2, 0.25) is 0 Å². The van der Waals surface area contributed by atoms with Gasteiger partial charge < -0.3 is 49.2 Å². The lowest BCUT2D eigenvalue weighted by atomic mass is 9.88. The van der Waals surface area contributed by atoms with Crippen molar-refractivity contribution in [3.8, 4) is 0 Å². The summed E-state index contributed by atoms with van der Waals surface area (Å²) in [5, 5.41) is 41.0. The number of carbonyl (C=O) groups excluding carboxylic acids is 2. The smallest absolute Gasteiger partial charge is 0.410 e. The molecule has 4 aliphatic heterocycles. The van der Waals surface area contributed by atoms with Gasteiger partial charge in [0.25, 0.3) is 0 Å². The molecule has 1 amide bonds. The number of aliphatic hydroxyl groups is 4. The zero-order valence-corrected chi connectivity index (χ0v) is 32.5. The average molecular weight is 735 g/mol. The van der Waals surface area contributed by atoms with Crippen molar-refractivity contribution in [3.05, 3.63) is 36.0 Å². The lowest BCUT2D eigenvalue weighted by Gasteiger charge is -2.41. The Hall–Kier alpha value is -2.32.